The third-order valence-electron chi connectivity index (χ3n) is 14.6. The van der Waals surface area contributed by atoms with Crippen molar-refractivity contribution in [2.75, 3.05) is 0 Å². The number of carbonyl (C=O) groups is 1. The van der Waals surface area contributed by atoms with Gasteiger partial charge in [-0.1, -0.05) is 194 Å². The summed E-state index contributed by atoms with van der Waals surface area (Å²) in [5.41, 5.74) is 9.75. The summed E-state index contributed by atoms with van der Waals surface area (Å²) in [5.74, 6) is -0.0330. The highest BCUT2D eigenvalue weighted by molar-refractivity contribution is 6.21. The van der Waals surface area contributed by atoms with Crippen LogP contribution in [0.2, 0.25) is 0 Å². The van der Waals surface area contributed by atoms with Gasteiger partial charge in [0.15, 0.2) is 5.78 Å². The Morgan fingerprint density at radius 2 is 0.371 bits per heavy atom. The predicted molar refractivity (Wildman–Crippen MR) is 298 cm³/mol. The second-order valence-corrected chi connectivity index (χ2v) is 18.7. The van der Waals surface area contributed by atoms with E-state index in [2.05, 4.69) is 255 Å². The fourth-order valence-electron chi connectivity index (χ4n) is 11.6. The van der Waals surface area contributed by atoms with Crippen LogP contribution in [0.25, 0.3) is 131 Å². The first-order valence-corrected chi connectivity index (χ1v) is 24.1. The number of hydrogen-bond donors (Lipinski definition) is 0. The number of fused-ring (bicyclic) bond motifs is 8. The van der Waals surface area contributed by atoms with Crippen LogP contribution in [0.5, 0.6) is 0 Å². The molecule has 0 bridgehead atoms. The monoisotopic (exact) mass is 886 g/mol. The van der Waals surface area contributed by atoms with Crippen LogP contribution in [0, 0.1) is 0 Å². The molecular weight excluding hydrogens is 845 g/mol. The van der Waals surface area contributed by atoms with Gasteiger partial charge in [0.1, 0.15) is 0 Å². The molecule has 14 rings (SSSR count). The van der Waals surface area contributed by atoms with Gasteiger partial charge in [0, 0.05) is 11.1 Å². The van der Waals surface area contributed by atoms with Crippen LogP contribution in [-0.2, 0) is 0 Å². The highest BCUT2D eigenvalue weighted by atomic mass is 16.1. The molecule has 0 N–H and O–H groups in total. The van der Waals surface area contributed by atoms with E-state index in [4.69, 9.17) is 0 Å². The summed E-state index contributed by atoms with van der Waals surface area (Å²) < 4.78 is 0. The molecule has 0 aromatic heterocycles. The summed E-state index contributed by atoms with van der Waals surface area (Å²) in [6.45, 7) is 0. The molecule has 0 radical (unpaired) electrons. The Morgan fingerprint density at radius 1 is 0.200 bits per heavy atom. The van der Waals surface area contributed by atoms with Crippen molar-refractivity contribution >= 4 is 92.0 Å². The number of ketones is 1. The Bertz CT molecular complexity index is 3720. The van der Waals surface area contributed by atoms with Gasteiger partial charge in [-0.25, -0.2) is 0 Å². The first kappa shape index (κ1) is 39.9. The maximum Gasteiger partial charge on any atom is 0.193 e. The van der Waals surface area contributed by atoms with Crippen LogP contribution >= 0.6 is 0 Å². The molecule has 0 amide bonds. The molecule has 14 aromatic rings. The fourth-order valence-corrected chi connectivity index (χ4v) is 11.6. The van der Waals surface area contributed by atoms with Gasteiger partial charge in [0.25, 0.3) is 0 Å². The lowest BCUT2D eigenvalue weighted by atomic mass is 9.84. The van der Waals surface area contributed by atoms with Crippen molar-refractivity contribution < 1.29 is 4.79 Å². The molecule has 0 heterocycles. The van der Waals surface area contributed by atoms with Gasteiger partial charge < -0.3 is 0 Å². The quantitative estimate of drug-likeness (QED) is 0.120. The van der Waals surface area contributed by atoms with Crippen LogP contribution < -0.4 is 0 Å². The summed E-state index contributed by atoms with van der Waals surface area (Å²) in [5, 5.41) is 18.5. The summed E-state index contributed by atoms with van der Waals surface area (Å²) in [4.78, 5) is 16.3. The molecule has 0 unspecified atom stereocenters. The van der Waals surface area contributed by atoms with Crippen LogP contribution in [0.15, 0.2) is 255 Å². The van der Waals surface area contributed by atoms with Gasteiger partial charge in [-0.15, -0.1) is 0 Å². The Kier molecular flexibility index (Phi) is 9.12. The maximum absolute atomic E-state index is 16.3. The third-order valence-corrected chi connectivity index (χ3v) is 14.6. The van der Waals surface area contributed by atoms with E-state index < -0.39 is 0 Å². The Hall–Kier alpha value is -9.17. The molecule has 1 nitrogen and oxygen atoms in total. The predicted octanol–water partition coefficient (Wildman–Crippen LogP) is 18.8. The van der Waals surface area contributed by atoms with E-state index >= 15 is 4.79 Å². The van der Waals surface area contributed by atoms with Crippen molar-refractivity contribution in [2.45, 2.75) is 0 Å². The van der Waals surface area contributed by atoms with Gasteiger partial charge in [0.05, 0.1) is 0 Å². The normalized spacial score (nSPS) is 11.8. The molecule has 0 aliphatic rings. The topological polar surface area (TPSA) is 17.1 Å². The molecule has 0 aliphatic carbocycles. The molecule has 0 saturated carbocycles. The standard InChI is InChI=1S/C69H42O/c70-69(55-39-51(65-57-25-9-1-17-43(57)33-44-18-2-10-26-58(44)65)37-52(40-55)66-59-27-11-3-19-45(59)34-46-20-4-12-28-60(46)66)56-41-53(67-61-29-13-5-21-47(61)35-48-22-6-14-30-62(48)67)38-54(42-56)68-63-31-15-7-23-49(63)36-50-24-8-16-32-64(50)68/h1-42H. The van der Waals surface area contributed by atoms with Crippen molar-refractivity contribution in [3.8, 4) is 44.5 Å². The van der Waals surface area contributed by atoms with Crippen LogP contribution in [-0.4, -0.2) is 5.78 Å². The summed E-state index contributed by atoms with van der Waals surface area (Å²) in [7, 11) is 0. The lowest BCUT2D eigenvalue weighted by Crippen LogP contribution is -2.04. The zero-order valence-corrected chi connectivity index (χ0v) is 38.2. The molecule has 324 valence electrons. The first-order chi connectivity index (χ1) is 34.6. The Labute approximate surface area is 405 Å². The van der Waals surface area contributed by atoms with E-state index in [1.165, 1.54) is 0 Å². The van der Waals surface area contributed by atoms with Gasteiger partial charge in [-0.3, -0.25) is 4.79 Å². The van der Waals surface area contributed by atoms with Gasteiger partial charge in [-0.05, 0) is 191 Å². The SMILES string of the molecule is O=C(c1cc(-c2c3ccccc3cc3ccccc23)cc(-c2c3ccccc3cc3ccccc23)c1)c1cc(-c2c3ccccc3cc3ccccc23)cc(-c2c3ccccc3cc3ccccc23)c1. The van der Waals surface area contributed by atoms with Crippen molar-refractivity contribution in [3.63, 3.8) is 0 Å². The second-order valence-electron chi connectivity index (χ2n) is 18.7. The minimum absolute atomic E-state index is 0.0330. The summed E-state index contributed by atoms with van der Waals surface area (Å²) >= 11 is 0. The zero-order chi connectivity index (χ0) is 46.3. The van der Waals surface area contributed by atoms with Gasteiger partial charge >= 0.3 is 0 Å². The molecule has 0 aliphatic heterocycles. The molecule has 0 atom stereocenters. The Balaban J connectivity index is 1.10. The van der Waals surface area contributed by atoms with E-state index in [9.17, 15) is 0 Å². The van der Waals surface area contributed by atoms with E-state index in [0.29, 0.717) is 11.1 Å². The van der Waals surface area contributed by atoms with E-state index in [1.54, 1.807) is 0 Å². The smallest absolute Gasteiger partial charge is 0.193 e. The van der Waals surface area contributed by atoms with E-state index in [1.807, 2.05) is 0 Å². The molecule has 0 saturated heterocycles. The zero-order valence-electron chi connectivity index (χ0n) is 38.2. The minimum Gasteiger partial charge on any atom is -0.289 e. The summed E-state index contributed by atoms with van der Waals surface area (Å²) in [6.07, 6.45) is 0. The molecule has 70 heavy (non-hydrogen) atoms. The van der Waals surface area contributed by atoms with Crippen molar-refractivity contribution in [3.05, 3.63) is 266 Å². The highest BCUT2D eigenvalue weighted by Gasteiger charge is 2.22. The van der Waals surface area contributed by atoms with Crippen LogP contribution in [0.4, 0.5) is 0 Å². The average Bonchev–Trinajstić information content (AvgIpc) is 3.41. The second kappa shape index (κ2) is 16.0. The highest BCUT2D eigenvalue weighted by Crippen LogP contribution is 2.45. The lowest BCUT2D eigenvalue weighted by molar-refractivity contribution is 0.103. The lowest BCUT2D eigenvalue weighted by Gasteiger charge is -2.19. The molecule has 0 fully saturated rings. The Morgan fingerprint density at radius 3 is 0.557 bits per heavy atom. The third kappa shape index (κ3) is 6.44. The molecular formula is C69H42O. The number of benzene rings is 14. The van der Waals surface area contributed by atoms with Crippen molar-refractivity contribution in [1.29, 1.82) is 0 Å². The van der Waals surface area contributed by atoms with Gasteiger partial charge in [-0.2, -0.15) is 0 Å². The maximum atomic E-state index is 16.3. The fraction of sp³-hybridized carbons (Fsp3) is 0. The van der Waals surface area contributed by atoms with E-state index in [0.717, 1.165) is 131 Å². The molecule has 14 aromatic carbocycles. The number of hydrogen-bond acceptors (Lipinski definition) is 1. The van der Waals surface area contributed by atoms with Gasteiger partial charge in [0.2, 0.25) is 0 Å². The number of carbonyl (C=O) groups excluding carboxylic acids is 1. The molecule has 1 heteroatoms. The summed E-state index contributed by atoms with van der Waals surface area (Å²) in [6, 6.07) is 91.5. The van der Waals surface area contributed by atoms with Crippen LogP contribution in [0.1, 0.15) is 15.9 Å². The largest absolute Gasteiger partial charge is 0.289 e. The average molecular weight is 887 g/mol. The van der Waals surface area contributed by atoms with E-state index in [-0.39, 0.29) is 5.78 Å². The van der Waals surface area contributed by atoms with Crippen LogP contribution in [0.3, 0.4) is 0 Å². The van der Waals surface area contributed by atoms with Crippen molar-refractivity contribution in [1.82, 2.24) is 0 Å². The van der Waals surface area contributed by atoms with Crippen molar-refractivity contribution in [2.24, 2.45) is 0 Å². The minimum atomic E-state index is -0.0330. The number of rotatable bonds is 6. The first-order valence-electron chi connectivity index (χ1n) is 24.1. The molecule has 0 spiro atoms.